The Morgan fingerprint density at radius 2 is 2.33 bits per heavy atom. The molecule has 3 heterocycles. The first kappa shape index (κ1) is 15.3. The number of piperidine rings is 1. The van der Waals surface area contributed by atoms with Crippen molar-refractivity contribution in [2.75, 3.05) is 40.0 Å². The van der Waals surface area contributed by atoms with Gasteiger partial charge in [0.1, 0.15) is 6.10 Å². The maximum Gasteiger partial charge on any atom is 0.251 e. The van der Waals surface area contributed by atoms with E-state index in [1.165, 1.54) is 0 Å². The highest BCUT2D eigenvalue weighted by molar-refractivity contribution is 5.81. The number of carbonyl (C=O) groups excluding carboxylic acids is 1. The molecule has 0 N–H and O–H groups in total. The predicted molar refractivity (Wildman–Crippen MR) is 78.1 cm³/mol. The second-order valence-electron chi connectivity index (χ2n) is 6.71. The van der Waals surface area contributed by atoms with Crippen LogP contribution in [0, 0.1) is 5.92 Å². The zero-order chi connectivity index (χ0) is 14.7. The van der Waals surface area contributed by atoms with Crippen LogP contribution in [0.2, 0.25) is 0 Å². The highest BCUT2D eigenvalue weighted by atomic mass is 16.5. The molecular weight excluding hydrogens is 270 g/mol. The summed E-state index contributed by atoms with van der Waals surface area (Å²) in [5.74, 6) is 0.748. The molecule has 0 aliphatic carbocycles. The number of methoxy groups -OCH3 is 1. The standard InChI is InChI=1S/C16H27NO4/c1-19-9-5-13-10-16(21-11-13)6-3-7-17(12-16)15(18)14-4-2-8-20-14/h13-14H,2-12H2,1H3. The third-order valence-corrected chi connectivity index (χ3v) is 5.07. The van der Waals surface area contributed by atoms with Crippen molar-refractivity contribution in [3.8, 4) is 0 Å². The monoisotopic (exact) mass is 297 g/mol. The fraction of sp³-hybridized carbons (Fsp3) is 0.938. The summed E-state index contributed by atoms with van der Waals surface area (Å²) in [7, 11) is 1.74. The predicted octanol–water partition coefficient (Wildman–Crippen LogP) is 1.60. The van der Waals surface area contributed by atoms with E-state index in [9.17, 15) is 4.79 Å². The SMILES string of the molecule is COCCC1COC2(CCCN(C(=O)C3CCCO3)C2)C1. The van der Waals surface area contributed by atoms with Crippen molar-refractivity contribution in [1.29, 1.82) is 0 Å². The van der Waals surface area contributed by atoms with E-state index in [2.05, 4.69) is 0 Å². The van der Waals surface area contributed by atoms with Gasteiger partial charge in [-0.3, -0.25) is 4.79 Å². The minimum atomic E-state index is -0.203. The molecule has 5 heteroatoms. The molecule has 21 heavy (non-hydrogen) atoms. The largest absolute Gasteiger partial charge is 0.385 e. The summed E-state index contributed by atoms with van der Waals surface area (Å²) in [6.07, 6.45) is 5.90. The van der Waals surface area contributed by atoms with Gasteiger partial charge in [-0.25, -0.2) is 0 Å². The summed E-state index contributed by atoms with van der Waals surface area (Å²) >= 11 is 0. The molecule has 1 amide bonds. The van der Waals surface area contributed by atoms with Crippen LogP contribution in [0.5, 0.6) is 0 Å². The third-order valence-electron chi connectivity index (χ3n) is 5.07. The molecule has 3 saturated heterocycles. The van der Waals surface area contributed by atoms with E-state index in [0.29, 0.717) is 5.92 Å². The van der Waals surface area contributed by atoms with Gasteiger partial charge >= 0.3 is 0 Å². The number of carbonyl (C=O) groups is 1. The topological polar surface area (TPSA) is 48.0 Å². The van der Waals surface area contributed by atoms with Crippen molar-refractivity contribution in [1.82, 2.24) is 4.90 Å². The first-order chi connectivity index (χ1) is 10.2. The molecule has 3 aliphatic rings. The second kappa shape index (κ2) is 6.63. The fourth-order valence-electron chi connectivity index (χ4n) is 3.96. The third kappa shape index (κ3) is 3.41. The normalized spacial score (nSPS) is 36.5. The number of rotatable bonds is 4. The van der Waals surface area contributed by atoms with E-state index in [4.69, 9.17) is 14.2 Å². The summed E-state index contributed by atoms with van der Waals surface area (Å²) in [4.78, 5) is 14.5. The molecule has 0 radical (unpaired) electrons. The Morgan fingerprint density at radius 1 is 1.43 bits per heavy atom. The summed E-state index contributed by atoms with van der Waals surface area (Å²) in [5, 5.41) is 0. The van der Waals surface area contributed by atoms with E-state index in [-0.39, 0.29) is 17.6 Å². The maximum absolute atomic E-state index is 12.5. The number of hydrogen-bond acceptors (Lipinski definition) is 4. The maximum atomic E-state index is 12.5. The molecule has 3 fully saturated rings. The smallest absolute Gasteiger partial charge is 0.251 e. The van der Waals surface area contributed by atoms with Gasteiger partial charge in [0.15, 0.2) is 0 Å². The zero-order valence-corrected chi connectivity index (χ0v) is 13.0. The Balaban J connectivity index is 1.56. The molecule has 5 nitrogen and oxygen atoms in total. The van der Waals surface area contributed by atoms with E-state index in [0.717, 1.165) is 71.4 Å². The Labute approximate surface area is 126 Å². The molecular formula is C16H27NO4. The number of nitrogens with zero attached hydrogens (tertiary/aromatic N) is 1. The van der Waals surface area contributed by atoms with Gasteiger partial charge in [0.05, 0.1) is 12.2 Å². The van der Waals surface area contributed by atoms with Crippen LogP contribution in [-0.4, -0.2) is 62.5 Å². The Kier molecular flexibility index (Phi) is 4.82. The molecule has 0 aromatic rings. The van der Waals surface area contributed by atoms with Gasteiger partial charge in [-0.2, -0.15) is 0 Å². The summed E-state index contributed by atoms with van der Waals surface area (Å²) in [6, 6.07) is 0. The van der Waals surface area contributed by atoms with Gasteiger partial charge in [0, 0.05) is 33.4 Å². The van der Waals surface area contributed by atoms with E-state index < -0.39 is 0 Å². The van der Waals surface area contributed by atoms with Gasteiger partial charge in [0.2, 0.25) is 0 Å². The molecule has 1 spiro atoms. The van der Waals surface area contributed by atoms with Crippen LogP contribution in [-0.2, 0) is 19.0 Å². The Morgan fingerprint density at radius 3 is 3.10 bits per heavy atom. The number of ether oxygens (including phenoxy) is 3. The lowest BCUT2D eigenvalue weighted by Gasteiger charge is -2.40. The Hall–Kier alpha value is -0.650. The van der Waals surface area contributed by atoms with Gasteiger partial charge in [-0.15, -0.1) is 0 Å². The van der Waals surface area contributed by atoms with E-state index in [1.807, 2.05) is 4.90 Å². The molecule has 3 atom stereocenters. The molecule has 120 valence electrons. The van der Waals surface area contributed by atoms with Crippen molar-refractivity contribution in [3.63, 3.8) is 0 Å². The van der Waals surface area contributed by atoms with E-state index in [1.54, 1.807) is 7.11 Å². The Bertz CT molecular complexity index is 369. The quantitative estimate of drug-likeness (QED) is 0.791. The van der Waals surface area contributed by atoms with Gasteiger partial charge in [0.25, 0.3) is 5.91 Å². The molecule has 3 aliphatic heterocycles. The minimum absolute atomic E-state index is 0.106. The summed E-state index contributed by atoms with van der Waals surface area (Å²) < 4.78 is 16.9. The van der Waals surface area contributed by atoms with Crippen LogP contribution < -0.4 is 0 Å². The van der Waals surface area contributed by atoms with Crippen molar-refractivity contribution in [3.05, 3.63) is 0 Å². The van der Waals surface area contributed by atoms with Crippen LogP contribution in [0.3, 0.4) is 0 Å². The number of likely N-dealkylation sites (tertiary alicyclic amines) is 1. The molecule has 0 aromatic carbocycles. The first-order valence-electron chi connectivity index (χ1n) is 8.26. The van der Waals surface area contributed by atoms with Crippen molar-refractivity contribution in [2.45, 2.75) is 50.2 Å². The van der Waals surface area contributed by atoms with Gasteiger partial charge in [-0.05, 0) is 44.4 Å². The second-order valence-corrected chi connectivity index (χ2v) is 6.71. The average Bonchev–Trinajstić information content (AvgIpc) is 3.15. The van der Waals surface area contributed by atoms with Crippen molar-refractivity contribution in [2.24, 2.45) is 5.92 Å². The lowest BCUT2D eigenvalue weighted by molar-refractivity contribution is -0.148. The van der Waals surface area contributed by atoms with Crippen LogP contribution in [0.15, 0.2) is 0 Å². The van der Waals surface area contributed by atoms with E-state index >= 15 is 0 Å². The van der Waals surface area contributed by atoms with Crippen molar-refractivity contribution >= 4 is 5.91 Å². The molecule has 0 bridgehead atoms. The molecule has 0 saturated carbocycles. The zero-order valence-electron chi connectivity index (χ0n) is 13.0. The van der Waals surface area contributed by atoms with Gasteiger partial charge < -0.3 is 19.1 Å². The summed E-state index contributed by atoms with van der Waals surface area (Å²) in [5.41, 5.74) is -0.106. The van der Waals surface area contributed by atoms with Crippen molar-refractivity contribution < 1.29 is 19.0 Å². The average molecular weight is 297 g/mol. The molecule has 3 unspecified atom stereocenters. The van der Waals surface area contributed by atoms with Gasteiger partial charge in [-0.1, -0.05) is 0 Å². The van der Waals surface area contributed by atoms with Crippen LogP contribution in [0.25, 0.3) is 0 Å². The minimum Gasteiger partial charge on any atom is -0.385 e. The molecule has 3 rings (SSSR count). The first-order valence-corrected chi connectivity index (χ1v) is 8.26. The fourth-order valence-corrected chi connectivity index (χ4v) is 3.96. The lowest BCUT2D eigenvalue weighted by atomic mass is 9.85. The number of amides is 1. The van der Waals surface area contributed by atoms with Crippen LogP contribution in [0.1, 0.15) is 38.5 Å². The number of hydrogen-bond donors (Lipinski definition) is 0. The highest BCUT2D eigenvalue weighted by Crippen LogP contribution is 2.39. The lowest BCUT2D eigenvalue weighted by Crippen LogP contribution is -2.52. The van der Waals surface area contributed by atoms with Crippen LogP contribution in [0.4, 0.5) is 0 Å². The highest BCUT2D eigenvalue weighted by Gasteiger charge is 2.45. The molecule has 0 aromatic heterocycles. The summed E-state index contributed by atoms with van der Waals surface area (Å²) in [6.45, 7) is 3.93. The van der Waals surface area contributed by atoms with Crippen LogP contribution >= 0.6 is 0 Å².